The summed E-state index contributed by atoms with van der Waals surface area (Å²) >= 11 is 0. The van der Waals surface area contributed by atoms with E-state index in [4.69, 9.17) is 4.74 Å². The molecule has 0 bridgehead atoms. The highest BCUT2D eigenvalue weighted by atomic mass is 19.1. The molecule has 2 aromatic carbocycles. The van der Waals surface area contributed by atoms with Gasteiger partial charge in [-0.1, -0.05) is 29.8 Å². The van der Waals surface area contributed by atoms with Gasteiger partial charge in [0.2, 0.25) is 0 Å². The van der Waals surface area contributed by atoms with Crippen LogP contribution in [0.5, 0.6) is 5.75 Å². The highest BCUT2D eigenvalue weighted by Gasteiger charge is 2.32. The largest absolute Gasteiger partial charge is 0.494 e. The Labute approximate surface area is 125 Å². The van der Waals surface area contributed by atoms with E-state index in [0.29, 0.717) is 5.92 Å². The predicted molar refractivity (Wildman–Crippen MR) is 83.2 cm³/mol. The molecule has 1 atom stereocenters. The third-order valence-electron chi connectivity index (χ3n) is 4.00. The van der Waals surface area contributed by atoms with Crippen molar-refractivity contribution in [2.45, 2.75) is 25.8 Å². The summed E-state index contributed by atoms with van der Waals surface area (Å²) in [5.74, 6) is 0.601. The van der Waals surface area contributed by atoms with Gasteiger partial charge in [-0.2, -0.15) is 0 Å². The second kappa shape index (κ2) is 5.76. The Hall–Kier alpha value is -2.03. The third kappa shape index (κ3) is 3.18. The first-order chi connectivity index (χ1) is 10.2. The smallest absolute Gasteiger partial charge is 0.165 e. The van der Waals surface area contributed by atoms with E-state index in [9.17, 15) is 4.39 Å². The lowest BCUT2D eigenvalue weighted by Gasteiger charge is -2.21. The van der Waals surface area contributed by atoms with Crippen LogP contribution in [0.3, 0.4) is 0 Å². The lowest BCUT2D eigenvalue weighted by Crippen LogP contribution is -2.13. The average Bonchev–Trinajstić information content (AvgIpc) is 3.32. The van der Waals surface area contributed by atoms with Crippen molar-refractivity contribution in [3.05, 3.63) is 59.4 Å². The van der Waals surface area contributed by atoms with Crippen molar-refractivity contribution in [2.75, 3.05) is 12.4 Å². The molecule has 3 rings (SSSR count). The molecule has 0 spiro atoms. The Morgan fingerprint density at radius 2 is 1.86 bits per heavy atom. The van der Waals surface area contributed by atoms with Gasteiger partial charge in [-0.05, 0) is 43.4 Å². The number of rotatable bonds is 5. The van der Waals surface area contributed by atoms with Gasteiger partial charge in [0, 0.05) is 11.8 Å². The molecule has 2 nitrogen and oxygen atoms in total. The molecule has 21 heavy (non-hydrogen) atoms. The van der Waals surface area contributed by atoms with E-state index in [2.05, 4.69) is 36.5 Å². The molecule has 0 amide bonds. The maximum absolute atomic E-state index is 13.5. The SMILES string of the molecule is COc1cc(NC(c2ccc(C)cc2)C2CC2)ccc1F. The molecule has 1 saturated carbocycles. The molecule has 110 valence electrons. The quantitative estimate of drug-likeness (QED) is 0.859. The van der Waals surface area contributed by atoms with Crippen LogP contribution in [0, 0.1) is 18.7 Å². The molecule has 2 aromatic rings. The highest BCUT2D eigenvalue weighted by molar-refractivity contribution is 5.51. The van der Waals surface area contributed by atoms with Gasteiger partial charge in [0.1, 0.15) is 0 Å². The Balaban J connectivity index is 1.84. The fourth-order valence-electron chi connectivity index (χ4n) is 2.61. The van der Waals surface area contributed by atoms with Crippen LogP contribution in [0.15, 0.2) is 42.5 Å². The first-order valence-corrected chi connectivity index (χ1v) is 7.34. The normalized spacial score (nSPS) is 15.6. The predicted octanol–water partition coefficient (Wildman–Crippen LogP) is 4.71. The maximum atomic E-state index is 13.5. The van der Waals surface area contributed by atoms with Crippen molar-refractivity contribution in [3.63, 3.8) is 0 Å². The Bertz CT molecular complexity index is 620. The van der Waals surface area contributed by atoms with Gasteiger partial charge in [0.25, 0.3) is 0 Å². The van der Waals surface area contributed by atoms with Crippen molar-refractivity contribution in [1.82, 2.24) is 0 Å². The van der Waals surface area contributed by atoms with Crippen molar-refractivity contribution in [3.8, 4) is 5.75 Å². The van der Waals surface area contributed by atoms with Crippen molar-refractivity contribution >= 4 is 5.69 Å². The van der Waals surface area contributed by atoms with E-state index < -0.39 is 0 Å². The van der Waals surface area contributed by atoms with Crippen LogP contribution >= 0.6 is 0 Å². The number of benzene rings is 2. The summed E-state index contributed by atoms with van der Waals surface area (Å²) in [5, 5.41) is 3.53. The van der Waals surface area contributed by atoms with Gasteiger partial charge >= 0.3 is 0 Å². The summed E-state index contributed by atoms with van der Waals surface area (Å²) in [6, 6.07) is 13.8. The summed E-state index contributed by atoms with van der Waals surface area (Å²) in [4.78, 5) is 0. The van der Waals surface area contributed by atoms with E-state index in [1.54, 1.807) is 12.1 Å². The van der Waals surface area contributed by atoms with E-state index in [-0.39, 0.29) is 17.6 Å². The minimum Gasteiger partial charge on any atom is -0.494 e. The Morgan fingerprint density at radius 3 is 2.48 bits per heavy atom. The number of hydrogen-bond acceptors (Lipinski definition) is 2. The summed E-state index contributed by atoms with van der Waals surface area (Å²) in [7, 11) is 1.49. The third-order valence-corrected chi connectivity index (χ3v) is 4.00. The lowest BCUT2D eigenvalue weighted by molar-refractivity contribution is 0.386. The molecule has 1 aliphatic rings. The van der Waals surface area contributed by atoms with Crippen LogP contribution in [0.2, 0.25) is 0 Å². The minimum atomic E-state index is -0.332. The van der Waals surface area contributed by atoms with Crippen LogP contribution in [0.25, 0.3) is 0 Å². The summed E-state index contributed by atoms with van der Waals surface area (Å²) in [6.45, 7) is 2.09. The van der Waals surface area contributed by atoms with E-state index >= 15 is 0 Å². The Kier molecular flexibility index (Phi) is 3.82. The van der Waals surface area contributed by atoms with Crippen molar-refractivity contribution in [2.24, 2.45) is 5.92 Å². The molecule has 0 heterocycles. The fraction of sp³-hybridized carbons (Fsp3) is 0.333. The monoisotopic (exact) mass is 285 g/mol. The first kappa shape index (κ1) is 13.9. The molecular formula is C18H20FNO. The van der Waals surface area contributed by atoms with Crippen LogP contribution in [0.4, 0.5) is 10.1 Å². The second-order valence-electron chi connectivity index (χ2n) is 5.72. The van der Waals surface area contributed by atoms with Gasteiger partial charge in [-0.15, -0.1) is 0 Å². The number of halogens is 1. The van der Waals surface area contributed by atoms with Crippen LogP contribution in [-0.4, -0.2) is 7.11 Å². The molecule has 0 radical (unpaired) electrons. The number of methoxy groups -OCH3 is 1. The van der Waals surface area contributed by atoms with Gasteiger partial charge in [-0.3, -0.25) is 0 Å². The van der Waals surface area contributed by atoms with E-state index in [0.717, 1.165) is 5.69 Å². The molecule has 1 aliphatic carbocycles. The Morgan fingerprint density at radius 1 is 1.14 bits per heavy atom. The molecular weight excluding hydrogens is 265 g/mol. The van der Waals surface area contributed by atoms with Crippen molar-refractivity contribution in [1.29, 1.82) is 0 Å². The minimum absolute atomic E-state index is 0.276. The summed E-state index contributed by atoms with van der Waals surface area (Å²) in [6.07, 6.45) is 2.48. The fourth-order valence-corrected chi connectivity index (χ4v) is 2.61. The van der Waals surface area contributed by atoms with Crippen LogP contribution < -0.4 is 10.1 Å². The number of ether oxygens (including phenoxy) is 1. The highest BCUT2D eigenvalue weighted by Crippen LogP contribution is 2.43. The number of anilines is 1. The lowest BCUT2D eigenvalue weighted by atomic mass is 10.0. The molecule has 0 aliphatic heterocycles. The molecule has 0 saturated heterocycles. The average molecular weight is 285 g/mol. The van der Waals surface area contributed by atoms with Gasteiger partial charge in [-0.25, -0.2) is 4.39 Å². The van der Waals surface area contributed by atoms with Gasteiger partial charge in [0.05, 0.1) is 13.2 Å². The van der Waals surface area contributed by atoms with Crippen LogP contribution in [0.1, 0.15) is 30.0 Å². The molecule has 1 unspecified atom stereocenters. The van der Waals surface area contributed by atoms with Gasteiger partial charge in [0.15, 0.2) is 11.6 Å². The number of hydrogen-bond donors (Lipinski definition) is 1. The van der Waals surface area contributed by atoms with E-state index in [1.807, 2.05) is 0 Å². The molecule has 1 N–H and O–H groups in total. The van der Waals surface area contributed by atoms with Crippen molar-refractivity contribution < 1.29 is 9.13 Å². The zero-order chi connectivity index (χ0) is 14.8. The first-order valence-electron chi connectivity index (χ1n) is 7.34. The molecule has 1 fully saturated rings. The standard InChI is InChI=1S/C18H20FNO/c1-12-3-5-13(6-4-12)18(14-7-8-14)20-15-9-10-16(19)17(11-15)21-2/h3-6,9-11,14,18,20H,7-8H2,1-2H3. The molecule has 0 aromatic heterocycles. The maximum Gasteiger partial charge on any atom is 0.165 e. The number of aryl methyl sites for hydroxylation is 1. The molecule has 3 heteroatoms. The summed E-state index contributed by atoms with van der Waals surface area (Å²) < 4.78 is 18.5. The number of nitrogens with one attached hydrogen (secondary N) is 1. The second-order valence-corrected chi connectivity index (χ2v) is 5.72. The van der Waals surface area contributed by atoms with Crippen LogP contribution in [-0.2, 0) is 0 Å². The van der Waals surface area contributed by atoms with Gasteiger partial charge < -0.3 is 10.1 Å². The zero-order valence-electron chi connectivity index (χ0n) is 12.4. The zero-order valence-corrected chi connectivity index (χ0v) is 12.4. The van der Waals surface area contributed by atoms with E-state index in [1.165, 1.54) is 37.1 Å². The topological polar surface area (TPSA) is 21.3 Å². The summed E-state index contributed by atoms with van der Waals surface area (Å²) in [5.41, 5.74) is 3.44.